The maximum atomic E-state index is 12.5. The van der Waals surface area contributed by atoms with E-state index in [4.69, 9.17) is 10.2 Å². The summed E-state index contributed by atoms with van der Waals surface area (Å²) in [7, 11) is 0. The molecular weight excluding hydrogens is 462 g/mol. The molecule has 13 heteroatoms. The summed E-state index contributed by atoms with van der Waals surface area (Å²) in [6.45, 7) is 0.127. The Labute approximate surface area is 198 Å². The van der Waals surface area contributed by atoms with E-state index < -0.39 is 48.8 Å². The zero-order valence-corrected chi connectivity index (χ0v) is 18.5. The van der Waals surface area contributed by atoms with Crippen LogP contribution in [0.3, 0.4) is 0 Å². The molecule has 0 spiro atoms. The fourth-order valence-corrected chi connectivity index (χ4v) is 2.78. The molecule has 3 amide bonds. The van der Waals surface area contributed by atoms with Crippen LogP contribution < -0.4 is 16.0 Å². The van der Waals surface area contributed by atoms with Crippen LogP contribution in [0.4, 0.5) is 11.4 Å². The Bertz CT molecular complexity index is 1150. The standard InChI is InChI=1S/C22H23N5O8/c1-12(28)25-17(21(33)24-10-19(30)23-11-20(31)32)9-13-2-7-18(29)16(8-13)27-26-15-5-3-14(4-6-15)22(34)35/h2-8,17,29H,9-11H2,1H3,(H,23,30)(H,24,33)(H,25,28)(H,31,32)(H,34,35)/t17-/m0/s1. The second kappa shape index (κ2) is 12.4. The number of rotatable bonds is 11. The van der Waals surface area contributed by atoms with Gasteiger partial charge in [0.15, 0.2) is 0 Å². The molecule has 0 aromatic heterocycles. The minimum Gasteiger partial charge on any atom is -0.506 e. The van der Waals surface area contributed by atoms with Gasteiger partial charge in [0.05, 0.1) is 17.8 Å². The molecule has 2 rings (SSSR count). The van der Waals surface area contributed by atoms with Crippen LogP contribution in [0.15, 0.2) is 52.7 Å². The zero-order valence-electron chi connectivity index (χ0n) is 18.5. The fourth-order valence-electron chi connectivity index (χ4n) is 2.78. The average molecular weight is 485 g/mol. The number of benzene rings is 2. The Kier molecular flexibility index (Phi) is 9.39. The Morgan fingerprint density at radius 2 is 1.60 bits per heavy atom. The summed E-state index contributed by atoms with van der Waals surface area (Å²) in [6.07, 6.45) is -0.0156. The number of phenolic OH excluding ortho intramolecular Hbond substituents is 1. The van der Waals surface area contributed by atoms with E-state index in [0.717, 1.165) is 0 Å². The second-order valence-corrected chi connectivity index (χ2v) is 7.22. The van der Waals surface area contributed by atoms with E-state index in [0.29, 0.717) is 11.3 Å². The molecule has 6 N–H and O–H groups in total. The lowest BCUT2D eigenvalue weighted by Crippen LogP contribution is -2.49. The third kappa shape index (κ3) is 8.92. The summed E-state index contributed by atoms with van der Waals surface area (Å²) >= 11 is 0. The van der Waals surface area contributed by atoms with Crippen molar-refractivity contribution in [3.63, 3.8) is 0 Å². The molecule has 0 heterocycles. The number of aliphatic carboxylic acids is 1. The molecule has 0 aliphatic carbocycles. The number of nitrogens with zero attached hydrogens (tertiary/aromatic N) is 2. The van der Waals surface area contributed by atoms with Crippen molar-refractivity contribution >= 4 is 41.0 Å². The molecule has 0 radical (unpaired) electrons. The Morgan fingerprint density at radius 1 is 0.914 bits per heavy atom. The van der Waals surface area contributed by atoms with E-state index >= 15 is 0 Å². The lowest BCUT2D eigenvalue weighted by atomic mass is 10.0. The zero-order chi connectivity index (χ0) is 26.0. The lowest BCUT2D eigenvalue weighted by Gasteiger charge is -2.18. The van der Waals surface area contributed by atoms with Gasteiger partial charge in [0.2, 0.25) is 17.7 Å². The van der Waals surface area contributed by atoms with Crippen molar-refractivity contribution in [1.82, 2.24) is 16.0 Å². The molecule has 0 unspecified atom stereocenters. The summed E-state index contributed by atoms with van der Waals surface area (Å²) < 4.78 is 0. The van der Waals surface area contributed by atoms with E-state index in [-0.39, 0.29) is 23.4 Å². The van der Waals surface area contributed by atoms with Gasteiger partial charge in [0.1, 0.15) is 24.0 Å². The van der Waals surface area contributed by atoms with Crippen molar-refractivity contribution in [3.8, 4) is 5.75 Å². The number of carboxylic acids is 2. The first-order chi connectivity index (χ1) is 16.5. The first-order valence-electron chi connectivity index (χ1n) is 10.2. The molecule has 0 saturated carbocycles. The first-order valence-corrected chi connectivity index (χ1v) is 10.2. The molecule has 0 fully saturated rings. The van der Waals surface area contributed by atoms with Crippen LogP contribution in [-0.2, 0) is 25.6 Å². The Morgan fingerprint density at radius 3 is 2.20 bits per heavy atom. The van der Waals surface area contributed by atoms with Gasteiger partial charge in [-0.05, 0) is 42.0 Å². The van der Waals surface area contributed by atoms with Crippen LogP contribution in [-0.4, -0.2) is 64.1 Å². The molecule has 2 aromatic rings. The number of amides is 3. The molecule has 35 heavy (non-hydrogen) atoms. The van der Waals surface area contributed by atoms with Crippen molar-refractivity contribution in [2.45, 2.75) is 19.4 Å². The largest absolute Gasteiger partial charge is 0.506 e. The van der Waals surface area contributed by atoms with Gasteiger partial charge in [-0.1, -0.05) is 6.07 Å². The van der Waals surface area contributed by atoms with Crippen molar-refractivity contribution in [1.29, 1.82) is 0 Å². The maximum absolute atomic E-state index is 12.5. The number of hydrogen-bond donors (Lipinski definition) is 6. The maximum Gasteiger partial charge on any atom is 0.335 e. The number of nitrogens with one attached hydrogen (secondary N) is 3. The summed E-state index contributed by atoms with van der Waals surface area (Å²) in [5.74, 6) is -4.42. The summed E-state index contributed by atoms with van der Waals surface area (Å²) in [5, 5.41) is 42.4. The van der Waals surface area contributed by atoms with Gasteiger partial charge in [-0.2, -0.15) is 5.11 Å². The molecule has 2 aromatic carbocycles. The molecule has 13 nitrogen and oxygen atoms in total. The van der Waals surface area contributed by atoms with Gasteiger partial charge < -0.3 is 31.3 Å². The fraction of sp³-hybridized carbons (Fsp3) is 0.227. The highest BCUT2D eigenvalue weighted by atomic mass is 16.4. The molecule has 0 bridgehead atoms. The van der Waals surface area contributed by atoms with Crippen LogP contribution in [0, 0.1) is 0 Å². The predicted octanol–water partition coefficient (Wildman–Crippen LogP) is 0.870. The number of phenols is 1. The number of carboxylic acid groups (broad SMARTS) is 2. The molecule has 0 aliphatic rings. The van der Waals surface area contributed by atoms with Crippen LogP contribution >= 0.6 is 0 Å². The van der Waals surface area contributed by atoms with E-state index in [1.54, 1.807) is 0 Å². The molecular formula is C22H23N5O8. The van der Waals surface area contributed by atoms with Crippen molar-refractivity contribution in [2.24, 2.45) is 10.2 Å². The molecule has 184 valence electrons. The summed E-state index contributed by atoms with van der Waals surface area (Å²) in [5.41, 5.74) is 0.994. The van der Waals surface area contributed by atoms with Gasteiger partial charge in [0.25, 0.3) is 0 Å². The highest BCUT2D eigenvalue weighted by Crippen LogP contribution is 2.29. The van der Waals surface area contributed by atoms with Crippen molar-refractivity contribution < 1.29 is 39.3 Å². The topological polar surface area (TPSA) is 207 Å². The first kappa shape index (κ1) is 26.4. The van der Waals surface area contributed by atoms with Crippen LogP contribution in [0.2, 0.25) is 0 Å². The molecule has 0 saturated heterocycles. The SMILES string of the molecule is CC(=O)N[C@@H](Cc1ccc(O)c(N=Nc2ccc(C(=O)O)cc2)c1)C(=O)NCC(=O)NCC(=O)O. The number of aromatic hydroxyl groups is 1. The highest BCUT2D eigenvalue weighted by molar-refractivity contribution is 5.91. The number of carbonyl (C=O) groups excluding carboxylic acids is 3. The number of azo groups is 1. The predicted molar refractivity (Wildman–Crippen MR) is 121 cm³/mol. The minimum absolute atomic E-state index is 0.0156. The van der Waals surface area contributed by atoms with Gasteiger partial charge in [0, 0.05) is 13.3 Å². The third-order valence-corrected chi connectivity index (χ3v) is 4.42. The summed E-state index contributed by atoms with van der Waals surface area (Å²) in [6, 6.07) is 8.81. The Balaban J connectivity index is 2.11. The quantitative estimate of drug-likeness (QED) is 0.251. The average Bonchev–Trinajstić information content (AvgIpc) is 2.80. The molecule has 1 atom stereocenters. The molecule has 0 aliphatic heterocycles. The van der Waals surface area contributed by atoms with Gasteiger partial charge in [-0.25, -0.2) is 4.79 Å². The second-order valence-electron chi connectivity index (χ2n) is 7.22. The monoisotopic (exact) mass is 485 g/mol. The Hall–Kier alpha value is -4.81. The van der Waals surface area contributed by atoms with Gasteiger partial charge >= 0.3 is 11.9 Å². The summed E-state index contributed by atoms with van der Waals surface area (Å²) in [4.78, 5) is 57.1. The number of hydrogen-bond acceptors (Lipinski definition) is 8. The highest BCUT2D eigenvalue weighted by Gasteiger charge is 2.21. The third-order valence-electron chi connectivity index (χ3n) is 4.42. The smallest absolute Gasteiger partial charge is 0.335 e. The lowest BCUT2D eigenvalue weighted by molar-refractivity contribution is -0.138. The van der Waals surface area contributed by atoms with E-state index in [9.17, 15) is 29.1 Å². The van der Waals surface area contributed by atoms with Gasteiger partial charge in [-0.15, -0.1) is 5.11 Å². The van der Waals surface area contributed by atoms with Gasteiger partial charge in [-0.3, -0.25) is 19.2 Å². The van der Waals surface area contributed by atoms with Crippen LogP contribution in [0.5, 0.6) is 5.75 Å². The number of aromatic carboxylic acids is 1. The number of carbonyl (C=O) groups is 5. The van der Waals surface area contributed by atoms with Crippen LogP contribution in [0.1, 0.15) is 22.8 Å². The van der Waals surface area contributed by atoms with E-state index in [2.05, 4.69) is 26.2 Å². The minimum atomic E-state index is -1.24. The van der Waals surface area contributed by atoms with Crippen LogP contribution in [0.25, 0.3) is 0 Å². The van der Waals surface area contributed by atoms with Crippen molar-refractivity contribution in [2.75, 3.05) is 13.1 Å². The van der Waals surface area contributed by atoms with E-state index in [1.807, 2.05) is 0 Å². The van der Waals surface area contributed by atoms with Crippen molar-refractivity contribution in [3.05, 3.63) is 53.6 Å². The normalized spacial score (nSPS) is 11.5. The van der Waals surface area contributed by atoms with E-state index in [1.165, 1.54) is 49.4 Å².